The van der Waals surface area contributed by atoms with Gasteiger partial charge in [0.05, 0.1) is 11.0 Å². The van der Waals surface area contributed by atoms with Crippen LogP contribution < -0.4 is 4.90 Å². The van der Waals surface area contributed by atoms with Crippen molar-refractivity contribution in [3.05, 3.63) is 194 Å². The van der Waals surface area contributed by atoms with E-state index in [0.29, 0.717) is 0 Å². The van der Waals surface area contributed by atoms with Gasteiger partial charge in [-0.25, -0.2) is 0 Å². The highest BCUT2D eigenvalue weighted by Gasteiger charge is 2.17. The van der Waals surface area contributed by atoms with Gasteiger partial charge in [-0.1, -0.05) is 115 Å². The third-order valence-corrected chi connectivity index (χ3v) is 10.00. The van der Waals surface area contributed by atoms with E-state index in [4.69, 9.17) is 4.42 Å². The number of para-hydroxylation sites is 3. The van der Waals surface area contributed by atoms with Gasteiger partial charge < -0.3 is 13.9 Å². The average Bonchev–Trinajstić information content (AvgIpc) is 3.74. The van der Waals surface area contributed by atoms with Crippen LogP contribution in [0.3, 0.4) is 0 Å². The van der Waals surface area contributed by atoms with E-state index in [1.807, 2.05) is 12.1 Å². The van der Waals surface area contributed by atoms with Crippen molar-refractivity contribution in [3.8, 4) is 27.9 Å². The maximum absolute atomic E-state index is 6.34. The second-order valence-electron chi connectivity index (χ2n) is 13.0. The summed E-state index contributed by atoms with van der Waals surface area (Å²) in [5.74, 6) is 0. The Bertz CT molecular complexity index is 2830. The van der Waals surface area contributed by atoms with Crippen LogP contribution in [0.25, 0.3) is 71.7 Å². The Hall–Kier alpha value is -6.84. The summed E-state index contributed by atoms with van der Waals surface area (Å²) in [5, 5.41) is 4.75. The van der Waals surface area contributed by atoms with Gasteiger partial charge in [-0.2, -0.15) is 0 Å². The van der Waals surface area contributed by atoms with Crippen LogP contribution in [0.15, 0.2) is 199 Å². The molecule has 8 aromatic carbocycles. The molecule has 0 saturated carbocycles. The van der Waals surface area contributed by atoms with Crippen molar-refractivity contribution >= 4 is 60.8 Å². The monoisotopic (exact) mass is 652 g/mol. The normalized spacial score (nSPS) is 11.5. The van der Waals surface area contributed by atoms with Crippen molar-refractivity contribution in [2.75, 3.05) is 4.90 Å². The van der Waals surface area contributed by atoms with Crippen LogP contribution >= 0.6 is 0 Å². The van der Waals surface area contributed by atoms with E-state index in [1.165, 1.54) is 49.7 Å². The molecule has 0 N–H and O–H groups in total. The molecule has 0 aliphatic carbocycles. The number of hydrogen-bond donors (Lipinski definition) is 0. The highest BCUT2D eigenvalue weighted by molar-refractivity contribution is 6.10. The minimum absolute atomic E-state index is 0.874. The SMILES string of the molecule is c1ccc(-c2ccc(N(c3ccc(-c4ccc5c(c4)c4ccccc4n5-c4ccccc4)cc3)c3ccc4c(c3)oc3ccccc34)cc2)cc1. The molecule has 0 spiro atoms. The first-order valence-electron chi connectivity index (χ1n) is 17.3. The average molecular weight is 653 g/mol. The summed E-state index contributed by atoms with van der Waals surface area (Å²) in [6.07, 6.45) is 0. The highest BCUT2D eigenvalue weighted by Crippen LogP contribution is 2.40. The number of furan rings is 1. The van der Waals surface area contributed by atoms with Gasteiger partial charge in [0.15, 0.2) is 0 Å². The number of hydrogen-bond acceptors (Lipinski definition) is 2. The number of nitrogens with zero attached hydrogens (tertiary/aromatic N) is 2. The fraction of sp³-hybridized carbons (Fsp3) is 0. The first-order valence-corrected chi connectivity index (χ1v) is 17.3. The molecule has 3 heteroatoms. The summed E-state index contributed by atoms with van der Waals surface area (Å²) in [5.41, 5.74) is 13.3. The number of benzene rings is 8. The zero-order chi connectivity index (χ0) is 33.7. The molecular weight excluding hydrogens is 621 g/mol. The molecule has 0 atom stereocenters. The lowest BCUT2D eigenvalue weighted by Gasteiger charge is -2.26. The highest BCUT2D eigenvalue weighted by atomic mass is 16.3. The topological polar surface area (TPSA) is 21.3 Å². The maximum atomic E-state index is 6.34. The fourth-order valence-electron chi connectivity index (χ4n) is 7.55. The Kier molecular flexibility index (Phi) is 6.81. The van der Waals surface area contributed by atoms with Crippen LogP contribution in [0.4, 0.5) is 17.1 Å². The maximum Gasteiger partial charge on any atom is 0.137 e. The molecule has 0 bridgehead atoms. The van der Waals surface area contributed by atoms with Crippen molar-refractivity contribution in [1.29, 1.82) is 0 Å². The molecule has 0 amide bonds. The summed E-state index contributed by atoms with van der Waals surface area (Å²) < 4.78 is 8.69. The molecule has 3 nitrogen and oxygen atoms in total. The smallest absolute Gasteiger partial charge is 0.137 e. The molecule has 10 aromatic rings. The van der Waals surface area contributed by atoms with Crippen molar-refractivity contribution < 1.29 is 4.42 Å². The van der Waals surface area contributed by atoms with Crippen LogP contribution in [0.1, 0.15) is 0 Å². The van der Waals surface area contributed by atoms with E-state index in [0.717, 1.165) is 39.0 Å². The molecular formula is C48H32N2O. The third kappa shape index (κ3) is 4.98. The van der Waals surface area contributed by atoms with Gasteiger partial charge >= 0.3 is 0 Å². The quantitative estimate of drug-likeness (QED) is 0.178. The molecule has 0 fully saturated rings. The first kappa shape index (κ1) is 29.1. The van der Waals surface area contributed by atoms with E-state index in [2.05, 4.69) is 191 Å². The Morgan fingerprint density at radius 3 is 1.61 bits per heavy atom. The molecule has 2 heterocycles. The minimum atomic E-state index is 0.874. The molecule has 51 heavy (non-hydrogen) atoms. The summed E-state index contributed by atoms with van der Waals surface area (Å²) in [4.78, 5) is 2.31. The van der Waals surface area contributed by atoms with Crippen LogP contribution in [-0.2, 0) is 0 Å². The number of aromatic nitrogens is 1. The van der Waals surface area contributed by atoms with E-state index in [1.54, 1.807) is 0 Å². The Morgan fingerprint density at radius 2 is 0.863 bits per heavy atom. The second-order valence-corrected chi connectivity index (χ2v) is 13.0. The van der Waals surface area contributed by atoms with E-state index in [9.17, 15) is 0 Å². The first-order chi connectivity index (χ1) is 25.3. The van der Waals surface area contributed by atoms with Crippen LogP contribution in [0.2, 0.25) is 0 Å². The van der Waals surface area contributed by atoms with Gasteiger partial charge in [0.2, 0.25) is 0 Å². The van der Waals surface area contributed by atoms with Crippen molar-refractivity contribution in [3.63, 3.8) is 0 Å². The van der Waals surface area contributed by atoms with Crippen molar-refractivity contribution in [2.45, 2.75) is 0 Å². The van der Waals surface area contributed by atoms with Gasteiger partial charge in [0, 0.05) is 50.4 Å². The Balaban J connectivity index is 1.07. The molecule has 0 radical (unpaired) electrons. The fourth-order valence-corrected chi connectivity index (χ4v) is 7.55. The molecule has 2 aromatic heterocycles. The number of rotatable bonds is 6. The molecule has 0 aliphatic heterocycles. The standard InChI is InChI=1S/C48H32N2O/c1-3-11-33(12-4-1)34-19-24-38(25-20-34)49(40-28-29-43-42-16-8-10-18-47(42)51-48(43)32-40)39-26-21-35(22-27-39)36-23-30-46-44(31-36)41-15-7-9-17-45(41)50(46)37-13-5-2-6-14-37/h1-32H. The molecule has 0 unspecified atom stereocenters. The zero-order valence-electron chi connectivity index (χ0n) is 27.8. The van der Waals surface area contributed by atoms with E-state index < -0.39 is 0 Å². The van der Waals surface area contributed by atoms with Crippen molar-refractivity contribution in [1.82, 2.24) is 4.57 Å². The molecule has 0 aliphatic rings. The van der Waals surface area contributed by atoms with E-state index in [-0.39, 0.29) is 0 Å². The summed E-state index contributed by atoms with van der Waals surface area (Å²) in [6, 6.07) is 69.1. The summed E-state index contributed by atoms with van der Waals surface area (Å²) in [7, 11) is 0. The lowest BCUT2D eigenvalue weighted by molar-refractivity contribution is 0.669. The predicted molar refractivity (Wildman–Crippen MR) is 214 cm³/mol. The second kappa shape index (κ2) is 11.9. The molecule has 240 valence electrons. The van der Waals surface area contributed by atoms with Gasteiger partial charge in [-0.15, -0.1) is 0 Å². The van der Waals surface area contributed by atoms with Crippen molar-refractivity contribution in [2.24, 2.45) is 0 Å². The minimum Gasteiger partial charge on any atom is -0.456 e. The van der Waals surface area contributed by atoms with Gasteiger partial charge in [-0.05, 0) is 95.1 Å². The molecule has 10 rings (SSSR count). The Labute approximate surface area is 295 Å². The van der Waals surface area contributed by atoms with E-state index >= 15 is 0 Å². The van der Waals surface area contributed by atoms with Crippen LogP contribution in [0.5, 0.6) is 0 Å². The zero-order valence-corrected chi connectivity index (χ0v) is 27.8. The molecule has 0 saturated heterocycles. The lowest BCUT2D eigenvalue weighted by Crippen LogP contribution is -2.09. The number of anilines is 3. The van der Waals surface area contributed by atoms with Crippen LogP contribution in [-0.4, -0.2) is 4.57 Å². The lowest BCUT2D eigenvalue weighted by atomic mass is 10.0. The largest absolute Gasteiger partial charge is 0.456 e. The number of fused-ring (bicyclic) bond motifs is 6. The summed E-state index contributed by atoms with van der Waals surface area (Å²) in [6.45, 7) is 0. The van der Waals surface area contributed by atoms with Crippen LogP contribution in [0, 0.1) is 0 Å². The van der Waals surface area contributed by atoms with Gasteiger partial charge in [0.25, 0.3) is 0 Å². The van der Waals surface area contributed by atoms with Gasteiger partial charge in [0.1, 0.15) is 11.2 Å². The Morgan fingerprint density at radius 1 is 0.333 bits per heavy atom. The predicted octanol–water partition coefficient (Wildman–Crippen LogP) is 13.5. The van der Waals surface area contributed by atoms with Gasteiger partial charge in [-0.3, -0.25) is 0 Å². The summed E-state index contributed by atoms with van der Waals surface area (Å²) >= 11 is 0. The third-order valence-electron chi connectivity index (χ3n) is 10.00.